The molecule has 2 amide bonds. The first-order valence-corrected chi connectivity index (χ1v) is 9.68. The van der Waals surface area contributed by atoms with E-state index < -0.39 is 0 Å². The Bertz CT molecular complexity index is 725. The molecule has 1 heterocycles. The van der Waals surface area contributed by atoms with Gasteiger partial charge in [0, 0.05) is 38.4 Å². The average Bonchev–Trinajstić information content (AvgIpc) is 2.69. The number of rotatable bonds is 6. The molecule has 27 heavy (non-hydrogen) atoms. The van der Waals surface area contributed by atoms with Gasteiger partial charge in [-0.1, -0.05) is 50.2 Å². The quantitative estimate of drug-likeness (QED) is 0.838. The zero-order valence-electron chi connectivity index (χ0n) is 16.2. The van der Waals surface area contributed by atoms with Crippen LogP contribution >= 0.6 is 0 Å². The van der Waals surface area contributed by atoms with Crippen molar-refractivity contribution in [1.82, 2.24) is 9.80 Å². The minimum Gasteiger partial charge on any atom is -0.492 e. The molecule has 0 bridgehead atoms. The highest BCUT2D eigenvalue weighted by Crippen LogP contribution is 2.24. The molecular formula is C22H29N3O2. The SMILES string of the molecule is CC(C)c1ccccc1NC(=O)N1CCN(CCOc2ccccc2)CC1. The topological polar surface area (TPSA) is 44.8 Å². The van der Waals surface area contributed by atoms with Crippen molar-refractivity contribution in [2.45, 2.75) is 19.8 Å². The Morgan fingerprint density at radius 2 is 1.67 bits per heavy atom. The van der Waals surface area contributed by atoms with Crippen LogP contribution in [0.5, 0.6) is 5.75 Å². The van der Waals surface area contributed by atoms with Gasteiger partial charge in [0.2, 0.25) is 0 Å². The van der Waals surface area contributed by atoms with Gasteiger partial charge in [0.15, 0.2) is 0 Å². The van der Waals surface area contributed by atoms with Crippen LogP contribution in [0.4, 0.5) is 10.5 Å². The lowest BCUT2D eigenvalue weighted by molar-refractivity contribution is 0.132. The summed E-state index contributed by atoms with van der Waals surface area (Å²) >= 11 is 0. The summed E-state index contributed by atoms with van der Waals surface area (Å²) in [6, 6.07) is 17.9. The van der Waals surface area contributed by atoms with Gasteiger partial charge in [0.25, 0.3) is 0 Å². The first-order chi connectivity index (χ1) is 13.1. The molecule has 1 aliphatic heterocycles. The molecule has 144 valence electrons. The zero-order valence-corrected chi connectivity index (χ0v) is 16.2. The molecule has 1 saturated heterocycles. The molecule has 5 nitrogen and oxygen atoms in total. The number of carbonyl (C=O) groups is 1. The maximum absolute atomic E-state index is 12.6. The predicted molar refractivity (Wildman–Crippen MR) is 109 cm³/mol. The molecule has 0 radical (unpaired) electrons. The van der Waals surface area contributed by atoms with Gasteiger partial charge < -0.3 is 15.0 Å². The van der Waals surface area contributed by atoms with Crippen LogP contribution in [-0.2, 0) is 0 Å². The Balaban J connectivity index is 1.43. The van der Waals surface area contributed by atoms with Crippen molar-refractivity contribution in [2.24, 2.45) is 0 Å². The summed E-state index contributed by atoms with van der Waals surface area (Å²) < 4.78 is 5.76. The number of nitrogens with zero attached hydrogens (tertiary/aromatic N) is 2. The second kappa shape index (κ2) is 9.42. The van der Waals surface area contributed by atoms with E-state index in [4.69, 9.17) is 4.74 Å². The van der Waals surface area contributed by atoms with Crippen molar-refractivity contribution in [3.05, 3.63) is 60.2 Å². The summed E-state index contributed by atoms with van der Waals surface area (Å²) in [5.41, 5.74) is 2.08. The lowest BCUT2D eigenvalue weighted by atomic mass is 10.0. The highest BCUT2D eigenvalue weighted by molar-refractivity contribution is 5.90. The molecule has 2 aromatic rings. The maximum Gasteiger partial charge on any atom is 0.321 e. The minimum absolute atomic E-state index is 0.0108. The maximum atomic E-state index is 12.6. The van der Waals surface area contributed by atoms with E-state index in [0.717, 1.165) is 44.2 Å². The zero-order chi connectivity index (χ0) is 19.1. The summed E-state index contributed by atoms with van der Waals surface area (Å²) in [6.45, 7) is 9.04. The molecule has 0 saturated carbocycles. The monoisotopic (exact) mass is 367 g/mol. The van der Waals surface area contributed by atoms with E-state index >= 15 is 0 Å². The molecule has 0 aromatic heterocycles. The Morgan fingerprint density at radius 3 is 2.37 bits per heavy atom. The normalized spacial score (nSPS) is 15.0. The highest BCUT2D eigenvalue weighted by Gasteiger charge is 2.21. The van der Waals surface area contributed by atoms with Gasteiger partial charge >= 0.3 is 6.03 Å². The first-order valence-electron chi connectivity index (χ1n) is 9.68. The Hall–Kier alpha value is -2.53. The van der Waals surface area contributed by atoms with Gasteiger partial charge in [0.05, 0.1) is 0 Å². The second-order valence-electron chi connectivity index (χ2n) is 7.16. The predicted octanol–water partition coefficient (Wildman–Crippen LogP) is 4.04. The Labute approximate surface area is 161 Å². The third kappa shape index (κ3) is 5.47. The Kier molecular flexibility index (Phi) is 6.71. The fourth-order valence-electron chi connectivity index (χ4n) is 3.29. The van der Waals surface area contributed by atoms with E-state index in [9.17, 15) is 4.79 Å². The number of amides is 2. The number of anilines is 1. The smallest absolute Gasteiger partial charge is 0.321 e. The van der Waals surface area contributed by atoms with Crippen molar-refractivity contribution in [3.8, 4) is 5.75 Å². The van der Waals surface area contributed by atoms with Gasteiger partial charge in [-0.2, -0.15) is 0 Å². The van der Waals surface area contributed by atoms with Gasteiger partial charge in [-0.05, 0) is 29.7 Å². The standard InChI is InChI=1S/C22H29N3O2/c1-18(2)20-10-6-7-11-21(20)23-22(26)25-14-12-24(13-15-25)16-17-27-19-8-4-3-5-9-19/h3-11,18H,12-17H2,1-2H3,(H,23,26). The third-order valence-corrected chi connectivity index (χ3v) is 4.90. The number of urea groups is 1. The molecule has 2 aromatic carbocycles. The van der Waals surface area contributed by atoms with Crippen LogP contribution < -0.4 is 10.1 Å². The number of para-hydroxylation sites is 2. The van der Waals surface area contributed by atoms with Crippen molar-refractivity contribution in [2.75, 3.05) is 44.6 Å². The summed E-state index contributed by atoms with van der Waals surface area (Å²) in [4.78, 5) is 16.9. The summed E-state index contributed by atoms with van der Waals surface area (Å²) in [5.74, 6) is 1.28. The number of carbonyl (C=O) groups excluding carboxylic acids is 1. The van der Waals surface area contributed by atoms with Crippen LogP contribution in [0, 0.1) is 0 Å². The molecule has 0 unspecified atom stereocenters. The van der Waals surface area contributed by atoms with Crippen LogP contribution in [0.3, 0.4) is 0 Å². The third-order valence-electron chi connectivity index (χ3n) is 4.90. The van der Waals surface area contributed by atoms with E-state index in [1.54, 1.807) is 0 Å². The fourth-order valence-corrected chi connectivity index (χ4v) is 3.29. The minimum atomic E-state index is -0.0108. The molecule has 0 spiro atoms. The molecule has 0 aliphatic carbocycles. The fraction of sp³-hybridized carbons (Fsp3) is 0.409. The van der Waals surface area contributed by atoms with Crippen molar-refractivity contribution >= 4 is 11.7 Å². The summed E-state index contributed by atoms with van der Waals surface area (Å²) in [7, 11) is 0. The van der Waals surface area contributed by atoms with Gasteiger partial charge in [-0.25, -0.2) is 4.79 Å². The van der Waals surface area contributed by atoms with Crippen LogP contribution in [0.2, 0.25) is 0 Å². The molecular weight excluding hydrogens is 338 g/mol. The van der Waals surface area contributed by atoms with Crippen LogP contribution in [0.25, 0.3) is 0 Å². The van der Waals surface area contributed by atoms with Crippen molar-refractivity contribution in [1.29, 1.82) is 0 Å². The van der Waals surface area contributed by atoms with Gasteiger partial charge in [-0.3, -0.25) is 4.90 Å². The van der Waals surface area contributed by atoms with E-state index in [1.165, 1.54) is 5.56 Å². The molecule has 3 rings (SSSR count). The highest BCUT2D eigenvalue weighted by atomic mass is 16.5. The van der Waals surface area contributed by atoms with E-state index in [2.05, 4.69) is 30.1 Å². The second-order valence-corrected chi connectivity index (χ2v) is 7.16. The lowest BCUT2D eigenvalue weighted by Crippen LogP contribution is -2.50. The van der Waals surface area contributed by atoms with Gasteiger partial charge in [0.1, 0.15) is 12.4 Å². The molecule has 1 aliphatic rings. The molecule has 5 heteroatoms. The summed E-state index contributed by atoms with van der Waals surface area (Å²) in [5, 5.41) is 3.08. The number of hydrogen-bond acceptors (Lipinski definition) is 3. The summed E-state index contributed by atoms with van der Waals surface area (Å²) in [6.07, 6.45) is 0. The van der Waals surface area contributed by atoms with Crippen molar-refractivity contribution < 1.29 is 9.53 Å². The van der Waals surface area contributed by atoms with E-state index in [-0.39, 0.29) is 6.03 Å². The Morgan fingerprint density at radius 1 is 1.00 bits per heavy atom. The number of nitrogens with one attached hydrogen (secondary N) is 1. The van der Waals surface area contributed by atoms with E-state index in [0.29, 0.717) is 12.5 Å². The number of ether oxygens (including phenoxy) is 1. The average molecular weight is 367 g/mol. The van der Waals surface area contributed by atoms with Crippen molar-refractivity contribution in [3.63, 3.8) is 0 Å². The number of hydrogen-bond donors (Lipinski definition) is 1. The first kappa shape index (κ1) is 19.2. The van der Waals surface area contributed by atoms with E-state index in [1.807, 2.05) is 53.4 Å². The molecule has 0 atom stereocenters. The van der Waals surface area contributed by atoms with Crippen LogP contribution in [-0.4, -0.2) is 55.2 Å². The largest absolute Gasteiger partial charge is 0.492 e. The van der Waals surface area contributed by atoms with Crippen LogP contribution in [0.15, 0.2) is 54.6 Å². The van der Waals surface area contributed by atoms with Gasteiger partial charge in [-0.15, -0.1) is 0 Å². The number of benzene rings is 2. The van der Waals surface area contributed by atoms with Crippen LogP contribution in [0.1, 0.15) is 25.3 Å². The molecule has 1 fully saturated rings. The molecule has 1 N–H and O–H groups in total. The number of piperazine rings is 1. The lowest BCUT2D eigenvalue weighted by Gasteiger charge is -2.34.